The first-order valence-corrected chi connectivity index (χ1v) is 9.79. The summed E-state index contributed by atoms with van der Waals surface area (Å²) in [5.74, 6) is 0.516. The Morgan fingerprint density at radius 2 is 2.07 bits per heavy atom. The van der Waals surface area contributed by atoms with Crippen molar-refractivity contribution in [2.75, 3.05) is 0 Å². The lowest BCUT2D eigenvalue weighted by Gasteiger charge is -2.07. The molecule has 1 aromatic carbocycles. The third-order valence-corrected chi connectivity index (χ3v) is 5.57. The minimum atomic E-state index is -3.91. The maximum Gasteiger partial charge on any atom is 0.258 e. The predicted octanol–water partition coefficient (Wildman–Crippen LogP) is 2.36. The maximum absolute atomic E-state index is 13.2. The molecular weight excluding hydrogens is 411 g/mol. The first kappa shape index (κ1) is 18.5. The van der Waals surface area contributed by atoms with Crippen LogP contribution in [0.25, 0.3) is 17.1 Å². The third-order valence-electron chi connectivity index (χ3n) is 3.88. The molecule has 0 saturated carbocycles. The van der Waals surface area contributed by atoms with Crippen LogP contribution in [0.5, 0.6) is 0 Å². The minimum Gasteiger partial charge on any atom is -0.334 e. The number of benzene rings is 1. The van der Waals surface area contributed by atoms with Crippen molar-refractivity contribution in [1.29, 1.82) is 0 Å². The third kappa shape index (κ3) is 3.46. The van der Waals surface area contributed by atoms with Gasteiger partial charge in [-0.05, 0) is 37.3 Å². The molecule has 9 nitrogen and oxygen atoms in total. The van der Waals surface area contributed by atoms with Gasteiger partial charge in [0.2, 0.25) is 10.0 Å². The molecule has 0 unspecified atom stereocenters. The van der Waals surface area contributed by atoms with Crippen LogP contribution < -0.4 is 4.72 Å². The first-order chi connectivity index (χ1) is 13.3. The van der Waals surface area contributed by atoms with Gasteiger partial charge in [-0.3, -0.25) is 4.40 Å². The van der Waals surface area contributed by atoms with Crippen LogP contribution >= 0.6 is 11.6 Å². The monoisotopic (exact) mass is 422 g/mol. The molecule has 1 N–H and O–H groups in total. The van der Waals surface area contributed by atoms with Crippen LogP contribution in [0.4, 0.5) is 4.39 Å². The van der Waals surface area contributed by atoms with E-state index >= 15 is 0 Å². The molecule has 0 aliphatic rings. The normalized spacial score (nSPS) is 12.0. The lowest BCUT2D eigenvalue weighted by atomic mass is 10.2. The summed E-state index contributed by atoms with van der Waals surface area (Å²) in [7, 11) is -3.91. The summed E-state index contributed by atoms with van der Waals surface area (Å²) in [6.07, 6.45) is 1.67. The van der Waals surface area contributed by atoms with Crippen LogP contribution in [0, 0.1) is 12.7 Å². The Hall–Kier alpha value is -2.89. The Morgan fingerprint density at radius 1 is 1.25 bits per heavy atom. The Kier molecular flexibility index (Phi) is 4.57. The molecule has 144 valence electrons. The number of nitrogens with zero attached hydrogens (tertiary/aromatic N) is 5. The van der Waals surface area contributed by atoms with Gasteiger partial charge in [0.25, 0.3) is 5.89 Å². The van der Waals surface area contributed by atoms with Gasteiger partial charge in [-0.25, -0.2) is 17.5 Å². The molecule has 0 radical (unpaired) electrons. The predicted molar refractivity (Wildman–Crippen MR) is 96.5 cm³/mol. The van der Waals surface area contributed by atoms with Crippen LogP contribution in [0.2, 0.25) is 5.02 Å². The number of fused-ring (bicyclic) bond motifs is 1. The number of hydrogen-bond acceptors (Lipinski definition) is 7. The largest absolute Gasteiger partial charge is 0.334 e. The average Bonchev–Trinajstić information content (AvgIpc) is 3.28. The summed E-state index contributed by atoms with van der Waals surface area (Å²) in [4.78, 5) is 3.99. The number of aryl methyl sites for hydroxylation is 1. The molecule has 0 bridgehead atoms. The van der Waals surface area contributed by atoms with E-state index in [-0.39, 0.29) is 16.5 Å². The van der Waals surface area contributed by atoms with E-state index in [1.807, 2.05) is 0 Å². The standard InChI is InChI=1S/C16H12ClFN6O3S/c1-9-20-16(27-23-9)10-4-5-24-14(6-10)21-22-15(24)8-19-28(25,26)11-2-3-13(18)12(17)7-11/h2-7,19H,8H2,1H3. The van der Waals surface area contributed by atoms with Crippen molar-refractivity contribution in [3.8, 4) is 11.5 Å². The number of sulfonamides is 1. The highest BCUT2D eigenvalue weighted by atomic mass is 35.5. The molecule has 4 aromatic rings. The van der Waals surface area contributed by atoms with E-state index in [4.69, 9.17) is 16.1 Å². The highest BCUT2D eigenvalue weighted by Crippen LogP contribution is 2.21. The molecule has 0 atom stereocenters. The fraction of sp³-hybridized carbons (Fsp3) is 0.125. The van der Waals surface area contributed by atoms with E-state index in [1.165, 1.54) is 0 Å². The fourth-order valence-electron chi connectivity index (χ4n) is 2.50. The Labute approximate surface area is 163 Å². The number of hydrogen-bond donors (Lipinski definition) is 1. The second-order valence-corrected chi connectivity index (χ2v) is 7.98. The van der Waals surface area contributed by atoms with E-state index in [2.05, 4.69) is 25.1 Å². The van der Waals surface area contributed by atoms with Gasteiger partial charge in [-0.15, -0.1) is 10.2 Å². The number of halogens is 2. The van der Waals surface area contributed by atoms with E-state index < -0.39 is 15.8 Å². The fourth-order valence-corrected chi connectivity index (χ4v) is 3.75. The summed E-state index contributed by atoms with van der Waals surface area (Å²) in [6, 6.07) is 6.58. The molecule has 12 heteroatoms. The second-order valence-electron chi connectivity index (χ2n) is 5.81. The van der Waals surface area contributed by atoms with Crippen molar-refractivity contribution in [1.82, 2.24) is 29.5 Å². The summed E-state index contributed by atoms with van der Waals surface area (Å²) in [6.45, 7) is 1.58. The van der Waals surface area contributed by atoms with Gasteiger partial charge in [-0.2, -0.15) is 4.98 Å². The molecule has 28 heavy (non-hydrogen) atoms. The van der Waals surface area contributed by atoms with Crippen LogP contribution in [0.3, 0.4) is 0 Å². The molecule has 0 aliphatic carbocycles. The smallest absolute Gasteiger partial charge is 0.258 e. The Balaban J connectivity index is 1.57. The van der Waals surface area contributed by atoms with Crippen molar-refractivity contribution < 1.29 is 17.3 Å². The van der Waals surface area contributed by atoms with E-state index in [9.17, 15) is 12.8 Å². The molecular formula is C16H12ClFN6O3S. The van der Waals surface area contributed by atoms with Gasteiger partial charge in [0.05, 0.1) is 16.5 Å². The number of rotatable bonds is 5. The molecule has 0 saturated heterocycles. The van der Waals surface area contributed by atoms with Crippen molar-refractivity contribution in [2.24, 2.45) is 0 Å². The van der Waals surface area contributed by atoms with E-state index in [0.29, 0.717) is 28.8 Å². The van der Waals surface area contributed by atoms with Crippen molar-refractivity contribution in [3.05, 3.63) is 59.0 Å². The summed E-state index contributed by atoms with van der Waals surface area (Å²) in [5.41, 5.74) is 1.14. The lowest BCUT2D eigenvalue weighted by molar-refractivity contribution is 0.425. The van der Waals surface area contributed by atoms with Crippen LogP contribution in [-0.4, -0.2) is 33.2 Å². The lowest BCUT2D eigenvalue weighted by Crippen LogP contribution is -2.24. The zero-order valence-electron chi connectivity index (χ0n) is 14.3. The SMILES string of the molecule is Cc1noc(-c2ccn3c(CNS(=O)(=O)c4ccc(F)c(Cl)c4)nnc3c2)n1. The van der Waals surface area contributed by atoms with Gasteiger partial charge < -0.3 is 4.52 Å². The van der Waals surface area contributed by atoms with Crippen molar-refractivity contribution >= 4 is 27.3 Å². The second kappa shape index (κ2) is 6.93. The summed E-state index contributed by atoms with van der Waals surface area (Å²) in [5, 5.41) is 11.5. The zero-order valence-corrected chi connectivity index (χ0v) is 15.9. The van der Waals surface area contributed by atoms with E-state index in [0.717, 1.165) is 18.2 Å². The summed E-state index contributed by atoms with van der Waals surface area (Å²) < 4.78 is 47.2. The number of pyridine rings is 1. The van der Waals surface area contributed by atoms with Gasteiger partial charge in [0.1, 0.15) is 5.82 Å². The highest BCUT2D eigenvalue weighted by Gasteiger charge is 2.18. The van der Waals surface area contributed by atoms with Gasteiger partial charge in [-0.1, -0.05) is 16.8 Å². The van der Waals surface area contributed by atoms with Gasteiger partial charge in [0, 0.05) is 11.8 Å². The van der Waals surface area contributed by atoms with E-state index in [1.54, 1.807) is 29.7 Å². The van der Waals surface area contributed by atoms with Gasteiger partial charge >= 0.3 is 0 Å². The molecule has 0 aliphatic heterocycles. The summed E-state index contributed by atoms with van der Waals surface area (Å²) >= 11 is 5.65. The van der Waals surface area contributed by atoms with Crippen LogP contribution in [-0.2, 0) is 16.6 Å². The molecule has 3 heterocycles. The first-order valence-electron chi connectivity index (χ1n) is 7.92. The molecule has 3 aromatic heterocycles. The average molecular weight is 423 g/mol. The topological polar surface area (TPSA) is 115 Å². The van der Waals surface area contributed by atoms with Crippen molar-refractivity contribution in [3.63, 3.8) is 0 Å². The maximum atomic E-state index is 13.2. The molecule has 4 rings (SSSR count). The Morgan fingerprint density at radius 3 is 2.79 bits per heavy atom. The molecule has 0 spiro atoms. The number of nitrogens with one attached hydrogen (secondary N) is 1. The highest BCUT2D eigenvalue weighted by molar-refractivity contribution is 7.89. The minimum absolute atomic E-state index is 0.127. The zero-order chi connectivity index (χ0) is 19.9. The Bertz CT molecular complexity index is 1290. The van der Waals surface area contributed by atoms with Crippen molar-refractivity contribution in [2.45, 2.75) is 18.4 Å². The van der Waals surface area contributed by atoms with Crippen LogP contribution in [0.1, 0.15) is 11.6 Å². The van der Waals surface area contributed by atoms with Gasteiger partial charge in [0.15, 0.2) is 17.3 Å². The quantitative estimate of drug-likeness (QED) is 0.524. The number of aromatic nitrogens is 5. The van der Waals surface area contributed by atoms with Crippen LogP contribution in [0.15, 0.2) is 45.9 Å². The molecule has 0 amide bonds. The molecule has 0 fully saturated rings.